The Morgan fingerprint density at radius 3 is 2.77 bits per heavy atom. The Morgan fingerprint density at radius 2 is 2.00 bits per heavy atom. The normalized spacial score (nSPS) is 12.5. The lowest BCUT2D eigenvalue weighted by Gasteiger charge is -2.11. The minimum atomic E-state index is -0.632. The van der Waals surface area contributed by atoms with Crippen molar-refractivity contribution in [3.05, 3.63) is 76.1 Å². The summed E-state index contributed by atoms with van der Waals surface area (Å²) in [6.45, 7) is 6.41. The Kier molecular flexibility index (Phi) is 7.11. The average molecular weight is 430 g/mol. The van der Waals surface area contributed by atoms with E-state index in [0.717, 1.165) is 42.2 Å². The molecule has 0 N–H and O–H groups in total. The molecule has 0 bridgehead atoms. The summed E-state index contributed by atoms with van der Waals surface area (Å²) in [4.78, 5) is 8.68. The second kappa shape index (κ2) is 9.76. The highest BCUT2D eigenvalue weighted by Crippen LogP contribution is 2.26. The van der Waals surface area contributed by atoms with Crippen LogP contribution in [-0.4, -0.2) is 22.4 Å². The first-order valence-electron chi connectivity index (χ1n) is 9.65. The van der Waals surface area contributed by atoms with E-state index in [1.165, 1.54) is 5.57 Å². The van der Waals surface area contributed by atoms with Gasteiger partial charge in [-0.25, -0.2) is 8.78 Å². The summed E-state index contributed by atoms with van der Waals surface area (Å²) in [6, 6.07) is 8.92. The van der Waals surface area contributed by atoms with Crippen LogP contribution < -0.4 is 0 Å². The van der Waals surface area contributed by atoms with Crippen molar-refractivity contribution >= 4 is 22.9 Å². The van der Waals surface area contributed by atoms with Gasteiger partial charge in [0.05, 0.1) is 11.3 Å². The van der Waals surface area contributed by atoms with Crippen LogP contribution in [0.5, 0.6) is 0 Å². The number of allylic oxidation sites excluding steroid dienone is 1. The zero-order chi connectivity index (χ0) is 21.7. The standard InChI is InChI=1S/C23H22ClF2N3O/c1-4-5-16(19-12-17(24)7-6-14(19)2)10-11-27-15(3)22-28-23(30-29-22)20-13-18(25)8-9-21(20)26/h5-9,12-13H,4,10-11H2,1-3H3. The van der Waals surface area contributed by atoms with Gasteiger partial charge >= 0.3 is 0 Å². The van der Waals surface area contributed by atoms with Crippen LogP contribution >= 0.6 is 11.6 Å². The molecule has 7 heteroatoms. The van der Waals surface area contributed by atoms with E-state index in [0.29, 0.717) is 17.3 Å². The number of aromatic nitrogens is 2. The number of benzene rings is 2. The topological polar surface area (TPSA) is 51.3 Å². The van der Waals surface area contributed by atoms with Crippen molar-refractivity contribution in [2.24, 2.45) is 4.99 Å². The van der Waals surface area contributed by atoms with Crippen LogP contribution in [0.4, 0.5) is 8.78 Å². The molecule has 2 aromatic carbocycles. The molecule has 0 atom stereocenters. The molecule has 0 amide bonds. The summed E-state index contributed by atoms with van der Waals surface area (Å²) in [5, 5.41) is 4.54. The molecule has 156 valence electrons. The molecule has 0 saturated carbocycles. The van der Waals surface area contributed by atoms with E-state index >= 15 is 0 Å². The van der Waals surface area contributed by atoms with Crippen molar-refractivity contribution in [1.82, 2.24) is 10.1 Å². The summed E-state index contributed by atoms with van der Waals surface area (Å²) in [5.41, 5.74) is 3.91. The third-order valence-electron chi connectivity index (χ3n) is 4.63. The van der Waals surface area contributed by atoms with Gasteiger partial charge in [-0.15, -0.1) is 0 Å². The fraction of sp³-hybridized carbons (Fsp3) is 0.261. The van der Waals surface area contributed by atoms with Crippen molar-refractivity contribution in [2.75, 3.05) is 6.54 Å². The van der Waals surface area contributed by atoms with Crippen LogP contribution in [0.15, 0.2) is 52.0 Å². The summed E-state index contributed by atoms with van der Waals surface area (Å²) < 4.78 is 32.4. The molecule has 1 aromatic heterocycles. The minimum Gasteiger partial charge on any atom is -0.333 e. The van der Waals surface area contributed by atoms with Crippen LogP contribution in [-0.2, 0) is 0 Å². The molecule has 3 rings (SSSR count). The number of hydrogen-bond donors (Lipinski definition) is 0. The maximum absolute atomic E-state index is 13.9. The molecular weight excluding hydrogens is 408 g/mol. The molecule has 0 aliphatic rings. The smallest absolute Gasteiger partial charge is 0.261 e. The molecule has 0 aliphatic heterocycles. The van der Waals surface area contributed by atoms with E-state index in [4.69, 9.17) is 16.1 Å². The molecule has 0 unspecified atom stereocenters. The SMILES string of the molecule is CCC=C(CCN=C(C)c1noc(-c2cc(F)ccc2F)n1)c1cc(Cl)ccc1C. The third-order valence-corrected chi connectivity index (χ3v) is 4.87. The van der Waals surface area contributed by atoms with E-state index < -0.39 is 11.6 Å². The molecule has 4 nitrogen and oxygen atoms in total. The van der Waals surface area contributed by atoms with E-state index in [1.54, 1.807) is 6.92 Å². The Balaban J connectivity index is 1.75. The summed E-state index contributed by atoms with van der Waals surface area (Å²) in [6.07, 6.45) is 3.79. The predicted molar refractivity (Wildman–Crippen MR) is 116 cm³/mol. The zero-order valence-electron chi connectivity index (χ0n) is 17.0. The molecule has 0 radical (unpaired) electrons. The molecule has 1 heterocycles. The lowest BCUT2D eigenvalue weighted by molar-refractivity contribution is 0.426. The molecule has 30 heavy (non-hydrogen) atoms. The number of halogens is 3. The maximum atomic E-state index is 13.9. The second-order valence-electron chi connectivity index (χ2n) is 6.86. The van der Waals surface area contributed by atoms with Gasteiger partial charge in [0.15, 0.2) is 0 Å². The maximum Gasteiger partial charge on any atom is 0.261 e. The van der Waals surface area contributed by atoms with Gasteiger partial charge in [-0.3, -0.25) is 4.99 Å². The first-order valence-corrected chi connectivity index (χ1v) is 10.0. The Hall–Kier alpha value is -2.86. The van der Waals surface area contributed by atoms with Crippen LogP contribution in [0.25, 0.3) is 17.0 Å². The molecule has 0 saturated heterocycles. The van der Waals surface area contributed by atoms with Crippen molar-refractivity contribution in [3.8, 4) is 11.5 Å². The number of nitrogens with zero attached hydrogens (tertiary/aromatic N) is 3. The first kappa shape index (κ1) is 21.8. The summed E-state index contributed by atoms with van der Waals surface area (Å²) >= 11 is 6.17. The van der Waals surface area contributed by atoms with Crippen molar-refractivity contribution in [3.63, 3.8) is 0 Å². The molecule has 0 fully saturated rings. The van der Waals surface area contributed by atoms with Gasteiger partial charge in [-0.1, -0.05) is 35.8 Å². The fourth-order valence-corrected chi connectivity index (χ4v) is 3.26. The summed E-state index contributed by atoms with van der Waals surface area (Å²) in [7, 11) is 0. The van der Waals surface area contributed by atoms with Crippen molar-refractivity contribution in [1.29, 1.82) is 0 Å². The lowest BCUT2D eigenvalue weighted by atomic mass is 9.97. The monoisotopic (exact) mass is 429 g/mol. The average Bonchev–Trinajstić information content (AvgIpc) is 3.21. The lowest BCUT2D eigenvalue weighted by Crippen LogP contribution is -2.00. The highest BCUT2D eigenvalue weighted by Gasteiger charge is 2.15. The zero-order valence-corrected chi connectivity index (χ0v) is 17.8. The minimum absolute atomic E-state index is 0.0776. The van der Waals surface area contributed by atoms with Gasteiger partial charge in [0, 0.05) is 11.6 Å². The third kappa shape index (κ3) is 5.19. The highest BCUT2D eigenvalue weighted by atomic mass is 35.5. The largest absolute Gasteiger partial charge is 0.333 e. The van der Waals surface area contributed by atoms with Gasteiger partial charge in [0.25, 0.3) is 5.89 Å². The van der Waals surface area contributed by atoms with Gasteiger partial charge < -0.3 is 4.52 Å². The van der Waals surface area contributed by atoms with Crippen LogP contribution in [0.1, 0.15) is 43.6 Å². The van der Waals surface area contributed by atoms with E-state index in [-0.39, 0.29) is 17.3 Å². The van der Waals surface area contributed by atoms with Gasteiger partial charge in [0.1, 0.15) is 11.6 Å². The first-order chi connectivity index (χ1) is 14.4. The Bertz CT molecular complexity index is 1110. The Labute approximate surface area is 179 Å². The van der Waals surface area contributed by atoms with Crippen molar-refractivity contribution < 1.29 is 13.3 Å². The van der Waals surface area contributed by atoms with E-state index in [1.807, 2.05) is 18.2 Å². The molecule has 3 aromatic rings. The summed E-state index contributed by atoms with van der Waals surface area (Å²) in [5.74, 6) is -1.05. The van der Waals surface area contributed by atoms with Gasteiger partial charge in [-0.2, -0.15) is 4.98 Å². The van der Waals surface area contributed by atoms with Crippen molar-refractivity contribution in [2.45, 2.75) is 33.6 Å². The van der Waals surface area contributed by atoms with E-state index in [9.17, 15) is 8.78 Å². The fourth-order valence-electron chi connectivity index (χ4n) is 3.09. The number of hydrogen-bond acceptors (Lipinski definition) is 4. The molecule has 0 aliphatic carbocycles. The quantitative estimate of drug-likeness (QED) is 0.394. The second-order valence-corrected chi connectivity index (χ2v) is 7.30. The Morgan fingerprint density at radius 1 is 1.20 bits per heavy atom. The van der Waals surface area contributed by atoms with E-state index in [2.05, 4.69) is 35.1 Å². The van der Waals surface area contributed by atoms with Gasteiger partial charge in [-0.05, 0) is 73.7 Å². The molecule has 0 spiro atoms. The number of aliphatic imine (C=N–C) groups is 1. The number of rotatable bonds is 7. The number of aryl methyl sites for hydroxylation is 1. The van der Waals surface area contributed by atoms with Crippen LogP contribution in [0.2, 0.25) is 5.02 Å². The van der Waals surface area contributed by atoms with Crippen LogP contribution in [0.3, 0.4) is 0 Å². The highest BCUT2D eigenvalue weighted by molar-refractivity contribution is 6.30. The van der Waals surface area contributed by atoms with Crippen LogP contribution in [0, 0.1) is 18.6 Å². The predicted octanol–water partition coefficient (Wildman–Crippen LogP) is 6.67. The van der Waals surface area contributed by atoms with Gasteiger partial charge in [0.2, 0.25) is 5.82 Å². The molecular formula is C23H22ClF2N3O.